The second-order valence-corrected chi connectivity index (χ2v) is 6.61. The Morgan fingerprint density at radius 2 is 2.17 bits per heavy atom. The molecule has 4 nitrogen and oxygen atoms in total. The number of halogens is 1. The molecule has 1 aromatic carbocycles. The van der Waals surface area contributed by atoms with E-state index in [1.54, 1.807) is 0 Å². The van der Waals surface area contributed by atoms with Crippen molar-refractivity contribution in [2.24, 2.45) is 10.9 Å². The van der Waals surface area contributed by atoms with E-state index < -0.39 is 0 Å². The quantitative estimate of drug-likeness (QED) is 0.617. The fourth-order valence-corrected chi connectivity index (χ4v) is 3.10. The molecule has 0 aliphatic carbocycles. The van der Waals surface area contributed by atoms with Crippen LogP contribution in [0.4, 0.5) is 5.69 Å². The Bertz CT molecular complexity index is 530. The smallest absolute Gasteiger partial charge is 0.191 e. The highest BCUT2D eigenvalue weighted by molar-refractivity contribution is 6.30. The van der Waals surface area contributed by atoms with Crippen LogP contribution in [-0.2, 0) is 0 Å². The molecular weight excluding hydrogens is 308 g/mol. The third kappa shape index (κ3) is 5.31. The monoisotopic (exact) mass is 336 g/mol. The molecule has 1 aliphatic rings. The average molecular weight is 337 g/mol. The second kappa shape index (κ2) is 9.02. The van der Waals surface area contributed by atoms with Gasteiger partial charge >= 0.3 is 0 Å². The summed E-state index contributed by atoms with van der Waals surface area (Å²) in [5.74, 6) is 1.54. The normalized spacial score (nSPS) is 18.3. The van der Waals surface area contributed by atoms with Crippen LogP contribution in [0.3, 0.4) is 0 Å². The minimum atomic E-state index is 0.602. The molecule has 0 spiro atoms. The number of aliphatic imine (C=N–C) groups is 1. The van der Waals surface area contributed by atoms with Crippen LogP contribution < -0.4 is 15.5 Å². The highest BCUT2D eigenvalue weighted by Crippen LogP contribution is 2.29. The van der Waals surface area contributed by atoms with Gasteiger partial charge < -0.3 is 15.5 Å². The zero-order chi connectivity index (χ0) is 16.7. The Morgan fingerprint density at radius 3 is 2.91 bits per heavy atom. The second-order valence-electron chi connectivity index (χ2n) is 6.18. The lowest BCUT2D eigenvalue weighted by atomic mass is 10.1. The van der Waals surface area contributed by atoms with Crippen molar-refractivity contribution in [1.82, 2.24) is 10.6 Å². The first-order valence-corrected chi connectivity index (χ1v) is 9.05. The van der Waals surface area contributed by atoms with Gasteiger partial charge in [0.1, 0.15) is 0 Å². The van der Waals surface area contributed by atoms with Crippen molar-refractivity contribution in [3.8, 4) is 0 Å². The molecule has 2 N–H and O–H groups in total. The van der Waals surface area contributed by atoms with Crippen LogP contribution in [-0.4, -0.2) is 38.7 Å². The summed E-state index contributed by atoms with van der Waals surface area (Å²) in [4.78, 5) is 7.18. The van der Waals surface area contributed by atoms with E-state index in [-0.39, 0.29) is 0 Å². The maximum Gasteiger partial charge on any atom is 0.191 e. The minimum absolute atomic E-state index is 0.602. The van der Waals surface area contributed by atoms with Gasteiger partial charge in [-0.25, -0.2) is 0 Å². The Kier molecular flexibility index (Phi) is 7.03. The topological polar surface area (TPSA) is 39.7 Å². The number of rotatable bonds is 6. The number of aryl methyl sites for hydroxylation is 1. The number of anilines is 1. The first kappa shape index (κ1) is 17.9. The van der Waals surface area contributed by atoms with E-state index in [4.69, 9.17) is 16.6 Å². The zero-order valence-electron chi connectivity index (χ0n) is 14.5. The van der Waals surface area contributed by atoms with Gasteiger partial charge in [-0.3, -0.25) is 4.99 Å². The number of hydrogen-bond donors (Lipinski definition) is 2. The van der Waals surface area contributed by atoms with Crippen LogP contribution in [0.5, 0.6) is 0 Å². The van der Waals surface area contributed by atoms with Gasteiger partial charge in [0.15, 0.2) is 5.96 Å². The van der Waals surface area contributed by atoms with Crippen molar-refractivity contribution in [3.05, 3.63) is 28.8 Å². The van der Waals surface area contributed by atoms with Crippen LogP contribution in [0.15, 0.2) is 23.2 Å². The Labute approximate surface area is 145 Å². The van der Waals surface area contributed by atoms with Crippen LogP contribution in [0.2, 0.25) is 5.02 Å². The minimum Gasteiger partial charge on any atom is -0.371 e. The highest BCUT2D eigenvalue weighted by Gasteiger charge is 2.23. The Balaban J connectivity index is 1.92. The molecule has 0 radical (unpaired) electrons. The lowest BCUT2D eigenvalue weighted by Crippen LogP contribution is -2.38. The standard InChI is InChI=1S/C18H29ClN4/c1-4-9-21-18(20-5-2)22-12-15-8-10-23(13-15)17-11-16(19)7-6-14(17)3/h6-7,11,15H,4-5,8-10,12-13H2,1-3H3,(H2,20,21,22). The molecule has 1 fully saturated rings. The molecule has 0 amide bonds. The van der Waals surface area contributed by atoms with E-state index in [1.165, 1.54) is 17.7 Å². The predicted molar refractivity (Wildman–Crippen MR) is 101 cm³/mol. The van der Waals surface area contributed by atoms with Crippen LogP contribution in [0.25, 0.3) is 0 Å². The molecule has 1 aromatic rings. The number of hydrogen-bond acceptors (Lipinski definition) is 2. The summed E-state index contributed by atoms with van der Waals surface area (Å²) in [7, 11) is 0. The molecule has 0 bridgehead atoms. The van der Waals surface area contributed by atoms with Gasteiger partial charge in [-0.1, -0.05) is 24.6 Å². The van der Waals surface area contributed by atoms with Gasteiger partial charge in [-0.15, -0.1) is 0 Å². The Hall–Kier alpha value is -1.42. The molecule has 2 rings (SSSR count). The molecule has 0 aromatic heterocycles. The summed E-state index contributed by atoms with van der Waals surface area (Å²) in [6.07, 6.45) is 2.29. The third-order valence-corrected chi connectivity index (χ3v) is 4.43. The highest BCUT2D eigenvalue weighted by atomic mass is 35.5. The van der Waals surface area contributed by atoms with Crippen molar-refractivity contribution < 1.29 is 0 Å². The van der Waals surface area contributed by atoms with Gasteiger partial charge in [0.05, 0.1) is 0 Å². The summed E-state index contributed by atoms with van der Waals surface area (Å²) in [6.45, 7) is 11.3. The summed E-state index contributed by atoms with van der Waals surface area (Å²) >= 11 is 6.15. The largest absolute Gasteiger partial charge is 0.371 e. The Morgan fingerprint density at radius 1 is 1.35 bits per heavy atom. The molecule has 1 aliphatic heterocycles. The van der Waals surface area contributed by atoms with E-state index in [1.807, 2.05) is 6.07 Å². The van der Waals surface area contributed by atoms with Crippen molar-refractivity contribution in [3.63, 3.8) is 0 Å². The van der Waals surface area contributed by atoms with Crippen LogP contribution in [0, 0.1) is 12.8 Å². The summed E-state index contributed by atoms with van der Waals surface area (Å²) in [5.41, 5.74) is 2.55. The van der Waals surface area contributed by atoms with E-state index in [0.717, 1.165) is 50.1 Å². The summed E-state index contributed by atoms with van der Waals surface area (Å²) < 4.78 is 0. The van der Waals surface area contributed by atoms with Gasteiger partial charge in [-0.2, -0.15) is 0 Å². The molecule has 1 unspecified atom stereocenters. The molecule has 5 heteroatoms. The van der Waals surface area contributed by atoms with Crippen molar-refractivity contribution >= 4 is 23.2 Å². The number of guanidine groups is 1. The first-order valence-electron chi connectivity index (χ1n) is 8.67. The van der Waals surface area contributed by atoms with Gasteiger partial charge in [0, 0.05) is 43.4 Å². The van der Waals surface area contributed by atoms with Gasteiger partial charge in [0.25, 0.3) is 0 Å². The van der Waals surface area contributed by atoms with Crippen molar-refractivity contribution in [2.75, 3.05) is 37.6 Å². The third-order valence-electron chi connectivity index (χ3n) is 4.19. The molecule has 0 saturated carbocycles. The SMILES string of the molecule is CCCNC(=NCC1CCN(c2cc(Cl)ccc2C)C1)NCC. The fraction of sp³-hybridized carbons (Fsp3) is 0.611. The van der Waals surface area contributed by atoms with Crippen molar-refractivity contribution in [2.45, 2.75) is 33.6 Å². The summed E-state index contributed by atoms with van der Waals surface area (Å²) in [6, 6.07) is 6.14. The molecule has 1 heterocycles. The van der Waals surface area contributed by atoms with Crippen LogP contribution >= 0.6 is 11.6 Å². The fourth-order valence-electron chi connectivity index (χ4n) is 2.93. The first-order chi connectivity index (χ1) is 11.1. The molecule has 1 saturated heterocycles. The lowest BCUT2D eigenvalue weighted by Gasteiger charge is -2.21. The molecule has 128 valence electrons. The zero-order valence-corrected chi connectivity index (χ0v) is 15.3. The number of benzene rings is 1. The lowest BCUT2D eigenvalue weighted by molar-refractivity contribution is 0.599. The predicted octanol–water partition coefficient (Wildman–Crippen LogP) is 3.44. The van der Waals surface area contributed by atoms with E-state index in [2.05, 4.69) is 48.4 Å². The van der Waals surface area contributed by atoms with Gasteiger partial charge in [0.2, 0.25) is 0 Å². The van der Waals surface area contributed by atoms with E-state index in [9.17, 15) is 0 Å². The van der Waals surface area contributed by atoms with Crippen molar-refractivity contribution in [1.29, 1.82) is 0 Å². The maximum atomic E-state index is 6.15. The van der Waals surface area contributed by atoms with E-state index in [0.29, 0.717) is 5.92 Å². The molecule has 1 atom stereocenters. The maximum absolute atomic E-state index is 6.15. The van der Waals surface area contributed by atoms with Gasteiger partial charge in [-0.05, 0) is 50.3 Å². The summed E-state index contributed by atoms with van der Waals surface area (Å²) in [5, 5.41) is 7.48. The average Bonchev–Trinajstić information content (AvgIpc) is 3.01. The van der Waals surface area contributed by atoms with Crippen LogP contribution in [0.1, 0.15) is 32.3 Å². The number of nitrogens with one attached hydrogen (secondary N) is 2. The van der Waals surface area contributed by atoms with E-state index >= 15 is 0 Å². The molecule has 23 heavy (non-hydrogen) atoms. The number of nitrogens with zero attached hydrogens (tertiary/aromatic N) is 2. The molecular formula is C18H29ClN4.